The molecule has 0 fully saturated rings. The van der Waals surface area contributed by atoms with Gasteiger partial charge in [0.05, 0.1) is 11.1 Å². The quantitative estimate of drug-likeness (QED) is 0.708. The molecule has 10 heteroatoms. The van der Waals surface area contributed by atoms with Crippen molar-refractivity contribution in [3.63, 3.8) is 0 Å². The van der Waals surface area contributed by atoms with Gasteiger partial charge in [-0.3, -0.25) is 0 Å². The second kappa shape index (κ2) is 7.22. The van der Waals surface area contributed by atoms with Crippen LogP contribution in [0.25, 0.3) is 0 Å². The standard InChI is InChI=1S/C16H11F7N2O/c17-12-3-1-2-9(4-12)8-24-14(26)25-13-6-10(15(18,19)20)5-11(7-13)16(21,22)23/h1-7H,8H2,(H2,24,25,26). The first-order valence-electron chi connectivity index (χ1n) is 7.04. The average molecular weight is 380 g/mol. The zero-order valence-electron chi connectivity index (χ0n) is 12.8. The van der Waals surface area contributed by atoms with Crippen LogP contribution < -0.4 is 10.6 Å². The van der Waals surface area contributed by atoms with E-state index in [-0.39, 0.29) is 12.6 Å². The molecule has 0 heterocycles. The van der Waals surface area contributed by atoms with Crippen LogP contribution in [0.5, 0.6) is 0 Å². The second-order valence-electron chi connectivity index (χ2n) is 5.23. The third-order valence-corrected chi connectivity index (χ3v) is 3.19. The minimum atomic E-state index is -5.02. The lowest BCUT2D eigenvalue weighted by molar-refractivity contribution is -0.143. The largest absolute Gasteiger partial charge is 0.416 e. The minimum absolute atomic E-state index is 0.0458. The molecule has 2 rings (SSSR count). The Morgan fingerprint density at radius 2 is 1.46 bits per heavy atom. The smallest absolute Gasteiger partial charge is 0.334 e. The number of anilines is 1. The van der Waals surface area contributed by atoms with E-state index >= 15 is 0 Å². The zero-order chi connectivity index (χ0) is 19.5. The Morgan fingerprint density at radius 3 is 1.96 bits per heavy atom. The topological polar surface area (TPSA) is 41.1 Å². The summed E-state index contributed by atoms with van der Waals surface area (Å²) in [6, 6.07) is 4.84. The highest BCUT2D eigenvalue weighted by Crippen LogP contribution is 2.37. The highest BCUT2D eigenvalue weighted by atomic mass is 19.4. The summed E-state index contributed by atoms with van der Waals surface area (Å²) in [6.07, 6.45) is -10.0. The van der Waals surface area contributed by atoms with Gasteiger partial charge in [0, 0.05) is 12.2 Å². The number of amides is 2. The maximum absolute atomic E-state index is 13.0. The maximum atomic E-state index is 13.0. The predicted molar refractivity (Wildman–Crippen MR) is 78.7 cm³/mol. The van der Waals surface area contributed by atoms with Crippen molar-refractivity contribution in [1.29, 1.82) is 0 Å². The molecule has 0 spiro atoms. The van der Waals surface area contributed by atoms with Gasteiger partial charge < -0.3 is 10.6 Å². The normalized spacial score (nSPS) is 12.0. The van der Waals surface area contributed by atoms with E-state index in [1.54, 1.807) is 0 Å². The maximum Gasteiger partial charge on any atom is 0.416 e. The molecule has 0 radical (unpaired) electrons. The van der Waals surface area contributed by atoms with E-state index in [1.807, 2.05) is 5.32 Å². The zero-order valence-corrected chi connectivity index (χ0v) is 12.8. The number of carbonyl (C=O) groups excluding carboxylic acids is 1. The minimum Gasteiger partial charge on any atom is -0.334 e. The molecule has 2 aromatic carbocycles. The van der Waals surface area contributed by atoms with E-state index in [0.717, 1.165) is 6.07 Å². The summed E-state index contributed by atoms with van der Waals surface area (Å²) in [4.78, 5) is 11.7. The number of hydrogen-bond donors (Lipinski definition) is 2. The molecule has 2 aromatic rings. The van der Waals surface area contributed by atoms with Crippen LogP contribution in [0, 0.1) is 5.82 Å². The lowest BCUT2D eigenvalue weighted by Gasteiger charge is -2.15. The number of urea groups is 1. The molecule has 0 saturated heterocycles. The summed E-state index contributed by atoms with van der Waals surface area (Å²) in [5.41, 5.74) is -3.41. The van der Waals surface area contributed by atoms with Crippen molar-refractivity contribution < 1.29 is 35.5 Å². The first-order valence-corrected chi connectivity index (χ1v) is 7.04. The molecule has 0 aliphatic rings. The second-order valence-corrected chi connectivity index (χ2v) is 5.23. The van der Waals surface area contributed by atoms with Crippen LogP contribution in [0.1, 0.15) is 16.7 Å². The highest BCUT2D eigenvalue weighted by molar-refractivity contribution is 5.89. The van der Waals surface area contributed by atoms with Crippen LogP contribution >= 0.6 is 0 Å². The van der Waals surface area contributed by atoms with Gasteiger partial charge in [0.25, 0.3) is 0 Å². The fraction of sp³-hybridized carbons (Fsp3) is 0.188. The third kappa shape index (κ3) is 5.36. The first kappa shape index (κ1) is 19.5. The Kier molecular flexibility index (Phi) is 5.43. The SMILES string of the molecule is O=C(NCc1cccc(F)c1)Nc1cc(C(F)(F)F)cc(C(F)(F)F)c1. The third-order valence-electron chi connectivity index (χ3n) is 3.19. The van der Waals surface area contributed by atoms with E-state index in [2.05, 4.69) is 5.32 Å². The lowest BCUT2D eigenvalue weighted by atomic mass is 10.1. The van der Waals surface area contributed by atoms with Gasteiger partial charge in [-0.2, -0.15) is 26.3 Å². The summed E-state index contributed by atoms with van der Waals surface area (Å²) in [5.74, 6) is -0.558. The van der Waals surface area contributed by atoms with E-state index in [0.29, 0.717) is 17.7 Å². The molecule has 2 amide bonds. The van der Waals surface area contributed by atoms with Crippen LogP contribution in [0.15, 0.2) is 42.5 Å². The Bertz CT molecular complexity index is 768. The van der Waals surface area contributed by atoms with E-state index in [4.69, 9.17) is 0 Å². The van der Waals surface area contributed by atoms with Gasteiger partial charge in [0.2, 0.25) is 0 Å². The molecule has 0 atom stereocenters. The van der Waals surface area contributed by atoms with E-state index < -0.39 is 41.0 Å². The molecular weight excluding hydrogens is 369 g/mol. The summed E-state index contributed by atoms with van der Waals surface area (Å²) in [7, 11) is 0. The lowest BCUT2D eigenvalue weighted by Crippen LogP contribution is -2.28. The van der Waals surface area contributed by atoms with E-state index in [1.165, 1.54) is 18.2 Å². The van der Waals surface area contributed by atoms with Crippen LogP contribution in [0.4, 0.5) is 41.2 Å². The Labute approximate surface area is 142 Å². The number of halogens is 7. The van der Waals surface area contributed by atoms with Crippen LogP contribution in [-0.2, 0) is 18.9 Å². The number of benzene rings is 2. The van der Waals surface area contributed by atoms with Gasteiger partial charge in [-0.05, 0) is 35.9 Å². The molecule has 0 aromatic heterocycles. The molecule has 140 valence electrons. The number of alkyl halides is 6. The van der Waals surface area contributed by atoms with Crippen molar-refractivity contribution in [3.05, 3.63) is 65.0 Å². The molecule has 0 aliphatic heterocycles. The number of rotatable bonds is 3. The fourth-order valence-corrected chi connectivity index (χ4v) is 2.03. The molecule has 2 N–H and O–H groups in total. The van der Waals surface area contributed by atoms with Crippen LogP contribution in [-0.4, -0.2) is 6.03 Å². The van der Waals surface area contributed by atoms with Crippen molar-refractivity contribution in [1.82, 2.24) is 5.32 Å². The van der Waals surface area contributed by atoms with Gasteiger partial charge in [-0.15, -0.1) is 0 Å². The summed E-state index contributed by atoms with van der Waals surface area (Å²) < 4.78 is 89.5. The van der Waals surface area contributed by atoms with Gasteiger partial charge >= 0.3 is 18.4 Å². The summed E-state index contributed by atoms with van der Waals surface area (Å²) >= 11 is 0. The molecule has 3 nitrogen and oxygen atoms in total. The number of nitrogens with one attached hydrogen (secondary N) is 2. The molecule has 0 saturated carbocycles. The van der Waals surface area contributed by atoms with Gasteiger partial charge in [0.15, 0.2) is 0 Å². The molecule has 0 bridgehead atoms. The Balaban J connectivity index is 2.15. The number of carbonyl (C=O) groups is 1. The highest BCUT2D eigenvalue weighted by Gasteiger charge is 2.37. The first-order chi connectivity index (χ1) is 11.9. The van der Waals surface area contributed by atoms with Crippen molar-refractivity contribution in [2.45, 2.75) is 18.9 Å². The fourth-order valence-electron chi connectivity index (χ4n) is 2.03. The van der Waals surface area contributed by atoms with Crippen molar-refractivity contribution in [3.8, 4) is 0 Å². The van der Waals surface area contributed by atoms with Crippen LogP contribution in [0.3, 0.4) is 0 Å². The monoisotopic (exact) mass is 380 g/mol. The molecular formula is C16H11F7N2O. The van der Waals surface area contributed by atoms with Crippen LogP contribution in [0.2, 0.25) is 0 Å². The molecule has 0 aliphatic carbocycles. The van der Waals surface area contributed by atoms with Crippen molar-refractivity contribution in [2.24, 2.45) is 0 Å². The van der Waals surface area contributed by atoms with Crippen molar-refractivity contribution in [2.75, 3.05) is 5.32 Å². The molecule has 0 unspecified atom stereocenters. The average Bonchev–Trinajstić information content (AvgIpc) is 2.51. The Morgan fingerprint density at radius 1 is 0.885 bits per heavy atom. The van der Waals surface area contributed by atoms with E-state index in [9.17, 15) is 35.5 Å². The summed E-state index contributed by atoms with van der Waals surface area (Å²) in [5, 5.41) is 4.12. The number of hydrogen-bond acceptors (Lipinski definition) is 1. The van der Waals surface area contributed by atoms with Crippen molar-refractivity contribution >= 4 is 11.7 Å². The Hall–Kier alpha value is -2.78. The van der Waals surface area contributed by atoms with Gasteiger partial charge in [0.1, 0.15) is 5.82 Å². The predicted octanol–water partition coefficient (Wildman–Crippen LogP) is 5.19. The molecule has 26 heavy (non-hydrogen) atoms. The summed E-state index contributed by atoms with van der Waals surface area (Å²) in [6.45, 7) is -0.172. The van der Waals surface area contributed by atoms with Gasteiger partial charge in [-0.25, -0.2) is 9.18 Å². The van der Waals surface area contributed by atoms with Gasteiger partial charge in [-0.1, -0.05) is 12.1 Å².